The molecule has 1 aromatic carbocycles. The molecule has 1 rings (SSSR count). The fraction of sp³-hybridized carbons (Fsp3) is 0.636. The summed E-state index contributed by atoms with van der Waals surface area (Å²) in [4.78, 5) is 23.9. The quantitative estimate of drug-likeness (QED) is 0.610. The van der Waals surface area contributed by atoms with Crippen molar-refractivity contribution in [2.45, 2.75) is 78.7 Å². The molecule has 27 heavy (non-hydrogen) atoms. The van der Waals surface area contributed by atoms with E-state index in [0.29, 0.717) is 29.7 Å². The molecule has 152 valence electrons. The highest BCUT2D eigenvalue weighted by molar-refractivity contribution is 5.81. The number of aliphatic carboxylic acids is 2. The molecule has 5 nitrogen and oxygen atoms in total. The van der Waals surface area contributed by atoms with Crippen LogP contribution in [0.2, 0.25) is 0 Å². The predicted octanol–water partition coefficient (Wildman–Crippen LogP) is 5.29. The normalized spacial score (nSPS) is 14.3. The molecule has 0 radical (unpaired) electrons. The lowest BCUT2D eigenvalue weighted by Crippen LogP contribution is -2.24. The minimum absolute atomic E-state index is 0.166. The van der Waals surface area contributed by atoms with Gasteiger partial charge in [0.25, 0.3) is 0 Å². The zero-order valence-corrected chi connectivity index (χ0v) is 17.6. The average Bonchev–Trinajstić information content (AvgIpc) is 2.48. The molecule has 2 unspecified atom stereocenters. The third-order valence-corrected chi connectivity index (χ3v) is 4.24. The Bertz CT molecular complexity index is 655. The lowest BCUT2D eigenvalue weighted by molar-refractivity contribution is -0.140. The Morgan fingerprint density at radius 3 is 1.70 bits per heavy atom. The van der Waals surface area contributed by atoms with Gasteiger partial charge in [0.2, 0.25) is 0 Å². The third-order valence-electron chi connectivity index (χ3n) is 4.24. The Balaban J connectivity index is 3.55. The molecule has 0 heterocycles. The largest absolute Gasteiger partial charge is 0.488 e. The van der Waals surface area contributed by atoms with Gasteiger partial charge in [0.15, 0.2) is 0 Å². The molecule has 0 spiro atoms. The Morgan fingerprint density at radius 2 is 1.33 bits per heavy atom. The number of carboxylic acid groups (broad SMARTS) is 2. The van der Waals surface area contributed by atoms with E-state index in [9.17, 15) is 19.8 Å². The molecule has 0 saturated carbocycles. The molecule has 0 aliphatic heterocycles. The van der Waals surface area contributed by atoms with E-state index in [4.69, 9.17) is 4.74 Å². The molecule has 0 aromatic heterocycles. The molecule has 2 atom stereocenters. The molecule has 1 aromatic rings. The van der Waals surface area contributed by atoms with Crippen LogP contribution >= 0.6 is 0 Å². The van der Waals surface area contributed by atoms with E-state index in [1.54, 1.807) is 18.2 Å². The highest BCUT2D eigenvalue weighted by Gasteiger charge is 2.31. The highest BCUT2D eigenvalue weighted by atomic mass is 16.5. The van der Waals surface area contributed by atoms with E-state index in [1.807, 2.05) is 48.5 Å². The SMILES string of the molecule is CC(C)CC(C(=O)O)c1ccc(OC(C)(C)C)cc1C(CC(C)C)C(=O)O. The first-order valence-corrected chi connectivity index (χ1v) is 9.60. The molecule has 0 fully saturated rings. The number of ether oxygens (including phenoxy) is 1. The lowest BCUT2D eigenvalue weighted by Gasteiger charge is -2.26. The lowest BCUT2D eigenvalue weighted by atomic mass is 9.80. The highest BCUT2D eigenvalue weighted by Crippen LogP contribution is 2.37. The average molecular weight is 379 g/mol. The molecule has 0 amide bonds. The van der Waals surface area contributed by atoms with Crippen molar-refractivity contribution in [2.24, 2.45) is 11.8 Å². The molecular formula is C22H34O5. The molecular weight excluding hydrogens is 344 g/mol. The summed E-state index contributed by atoms with van der Waals surface area (Å²) in [5, 5.41) is 19.6. The van der Waals surface area contributed by atoms with Crippen LogP contribution in [0.25, 0.3) is 0 Å². The van der Waals surface area contributed by atoms with Crippen LogP contribution in [0.1, 0.15) is 84.3 Å². The van der Waals surface area contributed by atoms with Crippen LogP contribution in [0.5, 0.6) is 5.75 Å². The first-order chi connectivity index (χ1) is 12.3. The fourth-order valence-electron chi connectivity index (χ4n) is 3.25. The van der Waals surface area contributed by atoms with E-state index in [2.05, 4.69) is 0 Å². The maximum absolute atomic E-state index is 12.0. The van der Waals surface area contributed by atoms with Gasteiger partial charge >= 0.3 is 11.9 Å². The van der Waals surface area contributed by atoms with Crippen molar-refractivity contribution < 1.29 is 24.5 Å². The number of carboxylic acids is 2. The standard InChI is InChI=1S/C22H34O5/c1-13(2)10-18(20(23)24)16-9-8-15(27-22(5,6)7)12-17(16)19(21(25)26)11-14(3)4/h8-9,12-14,18-19H,10-11H2,1-7H3,(H,23,24)(H,25,26). The predicted molar refractivity (Wildman–Crippen MR) is 106 cm³/mol. The zero-order valence-electron chi connectivity index (χ0n) is 17.6. The van der Waals surface area contributed by atoms with Gasteiger partial charge < -0.3 is 14.9 Å². The summed E-state index contributed by atoms with van der Waals surface area (Å²) in [6.45, 7) is 13.6. The monoisotopic (exact) mass is 378 g/mol. The van der Waals surface area contributed by atoms with Crippen LogP contribution in [0.3, 0.4) is 0 Å². The molecule has 0 aliphatic carbocycles. The van der Waals surface area contributed by atoms with Crippen LogP contribution in [0, 0.1) is 11.8 Å². The molecule has 0 saturated heterocycles. The number of rotatable bonds is 9. The number of hydrogen-bond donors (Lipinski definition) is 2. The maximum atomic E-state index is 12.0. The van der Waals surface area contributed by atoms with E-state index in [0.717, 1.165) is 0 Å². The van der Waals surface area contributed by atoms with E-state index >= 15 is 0 Å². The van der Waals surface area contributed by atoms with Crippen LogP contribution in [0.4, 0.5) is 0 Å². The summed E-state index contributed by atoms with van der Waals surface area (Å²) in [5.41, 5.74) is 0.691. The number of carbonyl (C=O) groups is 2. The van der Waals surface area contributed by atoms with Gasteiger partial charge in [-0.1, -0.05) is 33.8 Å². The first-order valence-electron chi connectivity index (χ1n) is 9.60. The van der Waals surface area contributed by atoms with Gasteiger partial charge in [-0.25, -0.2) is 0 Å². The van der Waals surface area contributed by atoms with Crippen LogP contribution in [-0.4, -0.2) is 27.8 Å². The van der Waals surface area contributed by atoms with Crippen molar-refractivity contribution in [1.29, 1.82) is 0 Å². The van der Waals surface area contributed by atoms with E-state index in [1.165, 1.54) is 0 Å². The van der Waals surface area contributed by atoms with Crippen LogP contribution < -0.4 is 4.74 Å². The van der Waals surface area contributed by atoms with Crippen molar-refractivity contribution in [2.75, 3.05) is 0 Å². The minimum Gasteiger partial charge on any atom is -0.488 e. The minimum atomic E-state index is -0.938. The second-order valence-electron chi connectivity index (χ2n) is 9.05. The second-order valence-corrected chi connectivity index (χ2v) is 9.05. The molecule has 0 bridgehead atoms. The van der Waals surface area contributed by atoms with Gasteiger partial charge in [0, 0.05) is 0 Å². The Labute approximate surface area is 162 Å². The van der Waals surface area contributed by atoms with Gasteiger partial charge in [0.05, 0.1) is 11.8 Å². The van der Waals surface area contributed by atoms with Crippen molar-refractivity contribution in [1.82, 2.24) is 0 Å². The van der Waals surface area contributed by atoms with Crippen molar-refractivity contribution in [3.05, 3.63) is 29.3 Å². The van der Waals surface area contributed by atoms with Gasteiger partial charge in [-0.15, -0.1) is 0 Å². The van der Waals surface area contributed by atoms with Crippen molar-refractivity contribution >= 4 is 11.9 Å². The smallest absolute Gasteiger partial charge is 0.310 e. The van der Waals surface area contributed by atoms with Crippen molar-refractivity contribution in [3.8, 4) is 5.75 Å². The fourth-order valence-corrected chi connectivity index (χ4v) is 3.25. The summed E-state index contributed by atoms with van der Waals surface area (Å²) in [6, 6.07) is 5.19. The number of benzene rings is 1. The van der Waals surface area contributed by atoms with Gasteiger partial charge in [-0.3, -0.25) is 9.59 Å². The first kappa shape index (κ1) is 23.0. The van der Waals surface area contributed by atoms with E-state index < -0.39 is 29.4 Å². The Kier molecular flexibility index (Phi) is 7.88. The van der Waals surface area contributed by atoms with Crippen molar-refractivity contribution in [3.63, 3.8) is 0 Å². The van der Waals surface area contributed by atoms with E-state index in [-0.39, 0.29) is 11.8 Å². The zero-order chi connectivity index (χ0) is 20.9. The van der Waals surface area contributed by atoms with Crippen LogP contribution in [0.15, 0.2) is 18.2 Å². The summed E-state index contributed by atoms with van der Waals surface area (Å²) < 4.78 is 5.91. The second kappa shape index (κ2) is 9.25. The third kappa shape index (κ3) is 7.24. The summed E-state index contributed by atoms with van der Waals surface area (Å²) >= 11 is 0. The van der Waals surface area contributed by atoms with Gasteiger partial charge in [-0.2, -0.15) is 0 Å². The molecule has 0 aliphatic rings. The Hall–Kier alpha value is -2.04. The van der Waals surface area contributed by atoms with Crippen LogP contribution in [-0.2, 0) is 9.59 Å². The number of hydrogen-bond acceptors (Lipinski definition) is 3. The molecule has 5 heteroatoms. The van der Waals surface area contributed by atoms with Gasteiger partial charge in [-0.05, 0) is 68.7 Å². The summed E-state index contributed by atoms with van der Waals surface area (Å²) in [5.74, 6) is -2.47. The summed E-state index contributed by atoms with van der Waals surface area (Å²) in [7, 11) is 0. The molecule has 2 N–H and O–H groups in total. The Morgan fingerprint density at radius 1 is 0.889 bits per heavy atom. The summed E-state index contributed by atoms with van der Waals surface area (Å²) in [6.07, 6.45) is 0.894. The topological polar surface area (TPSA) is 83.8 Å². The van der Waals surface area contributed by atoms with Gasteiger partial charge in [0.1, 0.15) is 11.4 Å². The maximum Gasteiger partial charge on any atom is 0.310 e.